The fourth-order valence-corrected chi connectivity index (χ4v) is 3.98. The second kappa shape index (κ2) is 5.79. The highest BCUT2D eigenvalue weighted by atomic mass is 32.1. The van der Waals surface area contributed by atoms with Gasteiger partial charge in [0.15, 0.2) is 0 Å². The first-order chi connectivity index (χ1) is 11.2. The molecule has 1 aliphatic heterocycles. The molecule has 1 N–H and O–H groups in total. The number of piperazine rings is 1. The monoisotopic (exact) mass is 326 g/mol. The van der Waals surface area contributed by atoms with Crippen molar-refractivity contribution in [2.24, 2.45) is 0 Å². The lowest BCUT2D eigenvalue weighted by Crippen LogP contribution is -2.49. The van der Waals surface area contributed by atoms with E-state index in [0.29, 0.717) is 13.1 Å². The summed E-state index contributed by atoms with van der Waals surface area (Å²) in [5.41, 5.74) is 3.11. The number of carbonyl (C=O) groups is 1. The maximum absolute atomic E-state index is 12.3. The van der Waals surface area contributed by atoms with E-state index < -0.39 is 0 Å². The van der Waals surface area contributed by atoms with Crippen LogP contribution in [0.4, 0.5) is 0 Å². The van der Waals surface area contributed by atoms with Gasteiger partial charge in [-0.15, -0.1) is 11.3 Å². The van der Waals surface area contributed by atoms with Crippen molar-refractivity contribution in [3.05, 3.63) is 58.2 Å². The van der Waals surface area contributed by atoms with Crippen molar-refractivity contribution in [3.63, 3.8) is 0 Å². The summed E-state index contributed by atoms with van der Waals surface area (Å²) in [6, 6.07) is 9.91. The largest absolute Gasteiger partial charge is 0.353 e. The normalized spacial score (nSPS) is 19.2. The summed E-state index contributed by atoms with van der Waals surface area (Å²) in [4.78, 5) is 20.3. The first kappa shape index (κ1) is 14.4. The van der Waals surface area contributed by atoms with E-state index in [4.69, 9.17) is 4.98 Å². The van der Waals surface area contributed by atoms with Crippen LogP contribution in [0.5, 0.6) is 0 Å². The van der Waals surface area contributed by atoms with Gasteiger partial charge in [-0.25, -0.2) is 4.98 Å². The zero-order valence-corrected chi connectivity index (χ0v) is 13.7. The average Bonchev–Trinajstić information content (AvgIpc) is 3.17. The van der Waals surface area contributed by atoms with Gasteiger partial charge in [0.2, 0.25) is 5.91 Å². The van der Waals surface area contributed by atoms with Crippen molar-refractivity contribution in [2.75, 3.05) is 13.1 Å². The molecule has 1 amide bonds. The molecule has 0 unspecified atom stereocenters. The van der Waals surface area contributed by atoms with Crippen molar-refractivity contribution in [1.82, 2.24) is 19.6 Å². The Morgan fingerprint density at radius 2 is 2.26 bits per heavy atom. The number of aryl methyl sites for hydroxylation is 1. The van der Waals surface area contributed by atoms with Crippen molar-refractivity contribution < 1.29 is 4.79 Å². The summed E-state index contributed by atoms with van der Waals surface area (Å²) in [7, 11) is 0. The van der Waals surface area contributed by atoms with E-state index in [1.165, 1.54) is 0 Å². The van der Waals surface area contributed by atoms with Gasteiger partial charge in [-0.05, 0) is 30.5 Å². The molecule has 3 aromatic heterocycles. The Balaban J connectivity index is 1.65. The molecule has 0 aliphatic carbocycles. The molecular weight excluding hydrogens is 308 g/mol. The van der Waals surface area contributed by atoms with Crippen LogP contribution in [0, 0.1) is 6.92 Å². The molecule has 1 aliphatic rings. The molecule has 1 saturated heterocycles. The number of hydrogen-bond donors (Lipinski definition) is 1. The van der Waals surface area contributed by atoms with Crippen LogP contribution in [0.25, 0.3) is 5.65 Å². The van der Waals surface area contributed by atoms with Crippen LogP contribution in [0.3, 0.4) is 0 Å². The third kappa shape index (κ3) is 2.64. The van der Waals surface area contributed by atoms with Gasteiger partial charge in [0.25, 0.3) is 0 Å². The average molecular weight is 326 g/mol. The van der Waals surface area contributed by atoms with Crippen LogP contribution in [0.1, 0.15) is 22.3 Å². The van der Waals surface area contributed by atoms with E-state index in [1.807, 2.05) is 29.6 Å². The number of hydrogen-bond acceptors (Lipinski definition) is 4. The van der Waals surface area contributed by atoms with Gasteiger partial charge in [0.05, 0.1) is 5.69 Å². The van der Waals surface area contributed by atoms with Crippen molar-refractivity contribution in [3.8, 4) is 0 Å². The molecular formula is C17H18N4OS. The highest BCUT2D eigenvalue weighted by molar-refractivity contribution is 7.10. The lowest BCUT2D eigenvalue weighted by atomic mass is 10.1. The second-order valence-corrected chi connectivity index (χ2v) is 6.79. The fourth-order valence-electron chi connectivity index (χ4n) is 3.12. The second-order valence-electron chi connectivity index (χ2n) is 5.81. The number of nitrogens with zero attached hydrogens (tertiary/aromatic N) is 3. The SMILES string of the molecule is Cc1cccc2nc(CN3CCNC(=O)[C@H]3c3cccs3)cn12. The van der Waals surface area contributed by atoms with Crippen LogP contribution in [0.2, 0.25) is 0 Å². The number of pyridine rings is 1. The maximum Gasteiger partial charge on any atom is 0.242 e. The summed E-state index contributed by atoms with van der Waals surface area (Å²) in [5, 5.41) is 4.99. The van der Waals surface area contributed by atoms with Crippen LogP contribution in [0.15, 0.2) is 41.9 Å². The Labute approximate surface area is 138 Å². The highest BCUT2D eigenvalue weighted by Crippen LogP contribution is 2.28. The third-order valence-corrected chi connectivity index (χ3v) is 5.16. The number of amides is 1. The summed E-state index contributed by atoms with van der Waals surface area (Å²) in [6.45, 7) is 4.27. The van der Waals surface area contributed by atoms with Crippen LogP contribution in [-0.2, 0) is 11.3 Å². The standard InChI is InChI=1S/C17H18N4OS/c1-12-4-2-6-15-19-13(11-21(12)15)10-20-8-7-18-17(22)16(20)14-5-3-9-23-14/h2-6,9,11,16H,7-8,10H2,1H3,(H,18,22)/t16-/m1/s1. The fraction of sp³-hybridized carbons (Fsp3) is 0.294. The minimum absolute atomic E-state index is 0.0821. The molecule has 0 spiro atoms. The number of carbonyl (C=O) groups excluding carboxylic acids is 1. The molecule has 5 nitrogen and oxygen atoms in total. The molecule has 1 atom stereocenters. The highest BCUT2D eigenvalue weighted by Gasteiger charge is 2.32. The molecule has 3 aromatic rings. The summed E-state index contributed by atoms with van der Waals surface area (Å²) in [5.74, 6) is 0.0821. The Morgan fingerprint density at radius 1 is 1.35 bits per heavy atom. The summed E-state index contributed by atoms with van der Waals surface area (Å²) in [6.07, 6.45) is 2.07. The molecule has 0 aromatic carbocycles. The van der Waals surface area contributed by atoms with E-state index in [0.717, 1.165) is 28.5 Å². The number of fused-ring (bicyclic) bond motifs is 1. The van der Waals surface area contributed by atoms with Crippen molar-refractivity contribution in [1.29, 1.82) is 0 Å². The Hall–Kier alpha value is -2.18. The third-order valence-electron chi connectivity index (χ3n) is 4.24. The molecule has 0 bridgehead atoms. The number of thiophene rings is 1. The van der Waals surface area contributed by atoms with Gasteiger partial charge in [-0.2, -0.15) is 0 Å². The first-order valence-corrected chi connectivity index (χ1v) is 8.59. The van der Waals surface area contributed by atoms with Gasteiger partial charge < -0.3 is 9.72 Å². The van der Waals surface area contributed by atoms with E-state index in [9.17, 15) is 4.79 Å². The van der Waals surface area contributed by atoms with Gasteiger partial charge in [-0.3, -0.25) is 9.69 Å². The Kier molecular flexibility index (Phi) is 3.63. The van der Waals surface area contributed by atoms with Crippen LogP contribution >= 0.6 is 11.3 Å². The first-order valence-electron chi connectivity index (χ1n) is 7.71. The van der Waals surface area contributed by atoms with E-state index in [-0.39, 0.29) is 11.9 Å². The van der Waals surface area contributed by atoms with Gasteiger partial charge in [0.1, 0.15) is 11.7 Å². The molecule has 0 radical (unpaired) electrons. The smallest absolute Gasteiger partial charge is 0.242 e. The van der Waals surface area contributed by atoms with Gasteiger partial charge in [-0.1, -0.05) is 12.1 Å². The van der Waals surface area contributed by atoms with Crippen LogP contribution < -0.4 is 5.32 Å². The number of nitrogens with one attached hydrogen (secondary N) is 1. The van der Waals surface area contributed by atoms with Gasteiger partial charge in [0, 0.05) is 36.4 Å². The molecule has 1 fully saturated rings. The lowest BCUT2D eigenvalue weighted by molar-refractivity contribution is -0.129. The van der Waals surface area contributed by atoms with E-state index in [1.54, 1.807) is 11.3 Å². The molecule has 6 heteroatoms. The molecule has 4 rings (SSSR count). The predicted molar refractivity (Wildman–Crippen MR) is 90.4 cm³/mol. The zero-order chi connectivity index (χ0) is 15.8. The molecule has 0 saturated carbocycles. The molecule has 118 valence electrons. The molecule has 4 heterocycles. The van der Waals surface area contributed by atoms with Crippen LogP contribution in [-0.4, -0.2) is 33.3 Å². The minimum Gasteiger partial charge on any atom is -0.353 e. The van der Waals surface area contributed by atoms with E-state index in [2.05, 4.69) is 33.8 Å². The number of rotatable bonds is 3. The predicted octanol–water partition coefficient (Wildman–Crippen LogP) is 2.38. The van der Waals surface area contributed by atoms with E-state index >= 15 is 0 Å². The zero-order valence-electron chi connectivity index (χ0n) is 12.9. The minimum atomic E-state index is -0.213. The lowest BCUT2D eigenvalue weighted by Gasteiger charge is -2.33. The number of aromatic nitrogens is 2. The topological polar surface area (TPSA) is 49.6 Å². The van der Waals surface area contributed by atoms with Gasteiger partial charge >= 0.3 is 0 Å². The maximum atomic E-state index is 12.3. The quantitative estimate of drug-likeness (QED) is 0.804. The summed E-state index contributed by atoms with van der Waals surface area (Å²) >= 11 is 1.63. The molecule has 23 heavy (non-hydrogen) atoms. The number of imidazole rings is 1. The summed E-state index contributed by atoms with van der Waals surface area (Å²) < 4.78 is 2.10. The van der Waals surface area contributed by atoms with Crippen molar-refractivity contribution in [2.45, 2.75) is 19.5 Å². The van der Waals surface area contributed by atoms with Crippen molar-refractivity contribution >= 4 is 22.9 Å². The Morgan fingerprint density at radius 3 is 3.04 bits per heavy atom. The Bertz CT molecular complexity index is 840.